The molecule has 0 radical (unpaired) electrons. The fraction of sp³-hybridized carbons (Fsp3) is 0.500. The lowest BCUT2D eigenvalue weighted by atomic mass is 9.95. The quantitative estimate of drug-likeness (QED) is 0.703. The van der Waals surface area contributed by atoms with Gasteiger partial charge in [-0.15, -0.1) is 0 Å². The highest BCUT2D eigenvalue weighted by Gasteiger charge is 2.35. The summed E-state index contributed by atoms with van der Waals surface area (Å²) in [6.45, 7) is 4.17. The predicted molar refractivity (Wildman–Crippen MR) is 74.9 cm³/mol. The fourth-order valence-corrected chi connectivity index (χ4v) is 4.01. The van der Waals surface area contributed by atoms with Gasteiger partial charge in [0, 0.05) is 42.7 Å². The highest BCUT2D eigenvalue weighted by molar-refractivity contribution is 5.87. The van der Waals surface area contributed by atoms with Crippen molar-refractivity contribution < 1.29 is 4.39 Å². The van der Waals surface area contributed by atoms with Crippen molar-refractivity contribution in [2.45, 2.75) is 32.2 Å². The van der Waals surface area contributed by atoms with Crippen molar-refractivity contribution in [2.24, 2.45) is 7.05 Å². The smallest absolute Gasteiger partial charge is 0.135 e. The Morgan fingerprint density at radius 2 is 2.11 bits per heavy atom. The molecule has 1 saturated heterocycles. The Bertz CT molecular complexity index is 671. The summed E-state index contributed by atoms with van der Waals surface area (Å²) < 4.78 is 16.8. The Morgan fingerprint density at radius 1 is 1.26 bits per heavy atom. The van der Waals surface area contributed by atoms with Gasteiger partial charge in [-0.1, -0.05) is 6.07 Å². The summed E-state index contributed by atoms with van der Waals surface area (Å²) in [6.07, 6.45) is 3.48. The van der Waals surface area contributed by atoms with Gasteiger partial charge in [0.1, 0.15) is 5.82 Å². The van der Waals surface area contributed by atoms with E-state index in [0.717, 1.165) is 29.4 Å². The summed E-state index contributed by atoms with van der Waals surface area (Å²) >= 11 is 0. The summed E-state index contributed by atoms with van der Waals surface area (Å²) in [5.41, 5.74) is 4.45. The highest BCUT2D eigenvalue weighted by atomic mass is 19.1. The van der Waals surface area contributed by atoms with Crippen molar-refractivity contribution in [1.29, 1.82) is 0 Å². The molecular formula is C16H19FN2. The van der Waals surface area contributed by atoms with E-state index in [0.29, 0.717) is 6.04 Å². The maximum atomic E-state index is 14.6. The molecule has 0 spiro atoms. The third-order valence-electron chi connectivity index (χ3n) is 4.99. The molecule has 1 fully saturated rings. The standard InChI is InChI=1S/C16H19FN2/c1-10-5-6-11-15(16(10)17)14-12(18(11)2)7-9-19-8-3-4-13(14)19/h5-6,13H,3-4,7-9H2,1-2H3. The van der Waals surface area contributed by atoms with Crippen molar-refractivity contribution >= 4 is 10.9 Å². The molecule has 0 bridgehead atoms. The number of aromatic nitrogens is 1. The summed E-state index contributed by atoms with van der Waals surface area (Å²) in [4.78, 5) is 2.53. The highest BCUT2D eigenvalue weighted by Crippen LogP contribution is 2.43. The molecule has 1 unspecified atom stereocenters. The van der Waals surface area contributed by atoms with Crippen molar-refractivity contribution in [3.63, 3.8) is 0 Å². The molecule has 3 heteroatoms. The van der Waals surface area contributed by atoms with Gasteiger partial charge < -0.3 is 4.57 Å². The van der Waals surface area contributed by atoms with Gasteiger partial charge in [-0.05, 0) is 37.9 Å². The zero-order valence-corrected chi connectivity index (χ0v) is 11.5. The van der Waals surface area contributed by atoms with Crippen LogP contribution in [0.2, 0.25) is 0 Å². The molecule has 3 heterocycles. The van der Waals surface area contributed by atoms with Crippen LogP contribution in [0, 0.1) is 12.7 Å². The minimum atomic E-state index is -0.0110. The molecule has 100 valence electrons. The lowest BCUT2D eigenvalue weighted by Gasteiger charge is -2.30. The van der Waals surface area contributed by atoms with Gasteiger partial charge in [0.05, 0.1) is 5.52 Å². The average Bonchev–Trinajstić information content (AvgIpc) is 2.97. The molecule has 1 aromatic carbocycles. The molecule has 2 aliphatic heterocycles. The first kappa shape index (κ1) is 11.5. The first-order valence-corrected chi connectivity index (χ1v) is 7.19. The van der Waals surface area contributed by atoms with E-state index in [2.05, 4.69) is 22.6 Å². The molecule has 0 N–H and O–H groups in total. The van der Waals surface area contributed by atoms with Crippen molar-refractivity contribution in [3.8, 4) is 0 Å². The van der Waals surface area contributed by atoms with Crippen LogP contribution >= 0.6 is 0 Å². The predicted octanol–water partition coefficient (Wildman–Crippen LogP) is 3.32. The number of nitrogens with zero attached hydrogens (tertiary/aromatic N) is 2. The monoisotopic (exact) mass is 258 g/mol. The molecule has 0 aliphatic carbocycles. The first-order chi connectivity index (χ1) is 9.18. The molecule has 2 nitrogen and oxygen atoms in total. The van der Waals surface area contributed by atoms with Crippen LogP contribution in [0.4, 0.5) is 4.39 Å². The summed E-state index contributed by atoms with van der Waals surface area (Å²) in [5.74, 6) is -0.0110. The van der Waals surface area contributed by atoms with E-state index in [1.807, 2.05) is 13.0 Å². The molecule has 1 aromatic heterocycles. The van der Waals surface area contributed by atoms with Crippen LogP contribution in [-0.2, 0) is 13.5 Å². The van der Waals surface area contributed by atoms with Crippen LogP contribution in [0.25, 0.3) is 10.9 Å². The normalized spacial score (nSPS) is 22.8. The second kappa shape index (κ2) is 3.83. The number of rotatable bonds is 0. The largest absolute Gasteiger partial charge is 0.347 e. The molecule has 1 atom stereocenters. The lowest BCUT2D eigenvalue weighted by Crippen LogP contribution is -2.31. The van der Waals surface area contributed by atoms with E-state index >= 15 is 0 Å². The van der Waals surface area contributed by atoms with Gasteiger partial charge >= 0.3 is 0 Å². The molecule has 0 saturated carbocycles. The third-order valence-corrected chi connectivity index (χ3v) is 4.99. The minimum absolute atomic E-state index is 0.0110. The van der Waals surface area contributed by atoms with Crippen molar-refractivity contribution in [3.05, 3.63) is 34.8 Å². The second-order valence-electron chi connectivity index (χ2n) is 5.95. The molecule has 19 heavy (non-hydrogen) atoms. The third kappa shape index (κ3) is 1.39. The van der Waals surface area contributed by atoms with Crippen molar-refractivity contribution in [1.82, 2.24) is 9.47 Å². The molecular weight excluding hydrogens is 239 g/mol. The van der Waals surface area contributed by atoms with Crippen molar-refractivity contribution in [2.75, 3.05) is 13.1 Å². The lowest BCUT2D eigenvalue weighted by molar-refractivity contribution is 0.242. The Hall–Kier alpha value is -1.35. The maximum Gasteiger partial charge on any atom is 0.135 e. The Labute approximate surface area is 112 Å². The molecule has 2 aliphatic rings. The molecule has 4 rings (SSSR count). The Morgan fingerprint density at radius 3 is 2.95 bits per heavy atom. The SMILES string of the molecule is Cc1ccc2c(c1F)c1c(n2C)CCN2CCCC12. The van der Waals surface area contributed by atoms with E-state index in [1.54, 1.807) is 0 Å². The number of fused-ring (bicyclic) bond motifs is 5. The van der Waals surface area contributed by atoms with Crippen LogP contribution in [0.5, 0.6) is 0 Å². The molecule has 2 aromatic rings. The van der Waals surface area contributed by atoms with Crippen LogP contribution in [0.15, 0.2) is 12.1 Å². The van der Waals surface area contributed by atoms with Gasteiger partial charge in [-0.3, -0.25) is 4.90 Å². The van der Waals surface area contributed by atoms with E-state index in [1.165, 1.54) is 30.6 Å². The molecule has 0 amide bonds. The summed E-state index contributed by atoms with van der Waals surface area (Å²) in [7, 11) is 2.08. The topological polar surface area (TPSA) is 8.17 Å². The average molecular weight is 258 g/mol. The number of aryl methyl sites for hydroxylation is 2. The van der Waals surface area contributed by atoms with E-state index < -0.39 is 0 Å². The number of benzene rings is 1. The minimum Gasteiger partial charge on any atom is -0.347 e. The van der Waals surface area contributed by atoms with Crippen LogP contribution in [-0.4, -0.2) is 22.6 Å². The summed E-state index contributed by atoms with van der Waals surface area (Å²) in [6, 6.07) is 4.42. The van der Waals surface area contributed by atoms with Gasteiger partial charge in [0.2, 0.25) is 0 Å². The fourth-order valence-electron chi connectivity index (χ4n) is 4.01. The number of hydrogen-bond acceptors (Lipinski definition) is 1. The zero-order chi connectivity index (χ0) is 13.1. The first-order valence-electron chi connectivity index (χ1n) is 7.19. The maximum absolute atomic E-state index is 14.6. The van der Waals surface area contributed by atoms with Gasteiger partial charge in [0.15, 0.2) is 0 Å². The van der Waals surface area contributed by atoms with Gasteiger partial charge in [-0.25, -0.2) is 4.39 Å². The Kier molecular flexibility index (Phi) is 2.31. The Balaban J connectivity index is 2.09. The summed E-state index contributed by atoms with van der Waals surface area (Å²) in [5, 5.41) is 0.883. The zero-order valence-electron chi connectivity index (χ0n) is 11.5. The van der Waals surface area contributed by atoms with Crippen LogP contribution in [0.3, 0.4) is 0 Å². The van der Waals surface area contributed by atoms with E-state index in [4.69, 9.17) is 0 Å². The van der Waals surface area contributed by atoms with E-state index in [-0.39, 0.29) is 5.82 Å². The van der Waals surface area contributed by atoms with Gasteiger partial charge in [0.25, 0.3) is 0 Å². The van der Waals surface area contributed by atoms with Crippen LogP contribution in [0.1, 0.15) is 35.7 Å². The van der Waals surface area contributed by atoms with Crippen LogP contribution < -0.4 is 0 Å². The van der Waals surface area contributed by atoms with Gasteiger partial charge in [-0.2, -0.15) is 0 Å². The second-order valence-corrected chi connectivity index (χ2v) is 5.95. The number of hydrogen-bond donors (Lipinski definition) is 0. The number of halogens is 1. The van der Waals surface area contributed by atoms with E-state index in [9.17, 15) is 4.39 Å².